The van der Waals surface area contributed by atoms with Gasteiger partial charge in [0.25, 0.3) is 11.8 Å². The standard InChI is InChI=1S/C13H21NO4/c1-13(2,3)10(6-7-15)14-11(16)8-4-5-9(18-8)12(14)17/h8-10,15H,4-7H2,1-3H3. The molecule has 2 saturated heterocycles. The van der Waals surface area contributed by atoms with Gasteiger partial charge in [0.15, 0.2) is 0 Å². The minimum Gasteiger partial charge on any atom is -0.396 e. The van der Waals surface area contributed by atoms with Crippen LogP contribution in [0.25, 0.3) is 0 Å². The van der Waals surface area contributed by atoms with E-state index in [1.54, 1.807) is 0 Å². The van der Waals surface area contributed by atoms with Crippen molar-refractivity contribution < 1.29 is 19.4 Å². The third kappa shape index (κ3) is 2.17. The van der Waals surface area contributed by atoms with E-state index >= 15 is 0 Å². The number of ether oxygens (including phenoxy) is 1. The highest BCUT2D eigenvalue weighted by molar-refractivity contribution is 6.02. The van der Waals surface area contributed by atoms with E-state index in [0.717, 1.165) is 0 Å². The van der Waals surface area contributed by atoms with Crippen molar-refractivity contribution in [3.63, 3.8) is 0 Å². The van der Waals surface area contributed by atoms with Gasteiger partial charge in [0, 0.05) is 12.6 Å². The molecule has 0 aromatic heterocycles. The van der Waals surface area contributed by atoms with Crippen molar-refractivity contribution >= 4 is 11.8 Å². The van der Waals surface area contributed by atoms with E-state index in [2.05, 4.69) is 0 Å². The van der Waals surface area contributed by atoms with Gasteiger partial charge in [-0.05, 0) is 24.7 Å². The summed E-state index contributed by atoms with van der Waals surface area (Å²) < 4.78 is 5.39. The van der Waals surface area contributed by atoms with Crippen molar-refractivity contribution in [1.29, 1.82) is 0 Å². The zero-order valence-corrected chi connectivity index (χ0v) is 11.2. The number of rotatable bonds is 3. The Morgan fingerprint density at radius 3 is 2.17 bits per heavy atom. The molecule has 0 radical (unpaired) electrons. The van der Waals surface area contributed by atoms with Crippen LogP contribution in [0.3, 0.4) is 0 Å². The summed E-state index contributed by atoms with van der Waals surface area (Å²) in [5, 5.41) is 9.17. The molecule has 0 spiro atoms. The maximum absolute atomic E-state index is 12.3. The Balaban J connectivity index is 2.28. The van der Waals surface area contributed by atoms with Crippen molar-refractivity contribution in [2.24, 2.45) is 5.41 Å². The predicted molar refractivity (Wildman–Crippen MR) is 64.7 cm³/mol. The first-order chi connectivity index (χ1) is 8.36. The van der Waals surface area contributed by atoms with Crippen LogP contribution in [-0.2, 0) is 14.3 Å². The minimum atomic E-state index is -0.462. The van der Waals surface area contributed by atoms with Crippen molar-refractivity contribution in [1.82, 2.24) is 4.90 Å². The van der Waals surface area contributed by atoms with Crippen molar-refractivity contribution in [2.75, 3.05) is 6.61 Å². The number of carbonyl (C=O) groups is 2. The average Bonchev–Trinajstić information content (AvgIpc) is 2.71. The molecule has 2 fully saturated rings. The number of aliphatic hydroxyl groups is 1. The first-order valence-corrected chi connectivity index (χ1v) is 6.49. The Labute approximate surface area is 107 Å². The van der Waals surface area contributed by atoms with E-state index in [1.165, 1.54) is 4.90 Å². The van der Waals surface area contributed by atoms with Gasteiger partial charge in [-0.15, -0.1) is 0 Å². The second kappa shape index (κ2) is 4.63. The van der Waals surface area contributed by atoms with E-state index in [-0.39, 0.29) is 29.9 Å². The van der Waals surface area contributed by atoms with Crippen LogP contribution in [0.2, 0.25) is 0 Å². The second-order valence-electron chi connectivity index (χ2n) is 6.13. The van der Waals surface area contributed by atoms with Gasteiger partial charge in [-0.1, -0.05) is 20.8 Å². The van der Waals surface area contributed by atoms with Crippen LogP contribution in [-0.4, -0.2) is 46.7 Å². The molecule has 3 atom stereocenters. The molecule has 0 aromatic rings. The number of hydrogen-bond donors (Lipinski definition) is 1. The lowest BCUT2D eigenvalue weighted by molar-refractivity contribution is -0.175. The van der Waals surface area contributed by atoms with Gasteiger partial charge in [-0.3, -0.25) is 14.5 Å². The lowest BCUT2D eigenvalue weighted by atomic mass is 9.83. The highest BCUT2D eigenvalue weighted by Gasteiger charge is 2.50. The van der Waals surface area contributed by atoms with Gasteiger partial charge >= 0.3 is 0 Å². The number of nitrogens with zero attached hydrogens (tertiary/aromatic N) is 1. The molecular formula is C13H21NO4. The zero-order chi connectivity index (χ0) is 13.5. The molecule has 0 aromatic carbocycles. The second-order valence-corrected chi connectivity index (χ2v) is 6.13. The Bertz CT molecular complexity index is 338. The smallest absolute Gasteiger partial charge is 0.258 e. The van der Waals surface area contributed by atoms with Gasteiger partial charge in [0.1, 0.15) is 12.2 Å². The van der Waals surface area contributed by atoms with E-state index in [9.17, 15) is 14.7 Å². The number of imide groups is 1. The predicted octanol–water partition coefficient (Wildman–Crippen LogP) is 0.700. The Hall–Kier alpha value is -0.940. The number of fused-ring (bicyclic) bond motifs is 2. The van der Waals surface area contributed by atoms with Gasteiger partial charge in [-0.2, -0.15) is 0 Å². The van der Waals surface area contributed by atoms with Gasteiger partial charge in [-0.25, -0.2) is 0 Å². The summed E-state index contributed by atoms with van der Waals surface area (Å²) in [6.07, 6.45) is 0.747. The molecule has 2 heterocycles. The minimum absolute atomic E-state index is 0.0326. The number of amides is 2. The number of hydrogen-bond acceptors (Lipinski definition) is 4. The summed E-state index contributed by atoms with van der Waals surface area (Å²) in [6.45, 7) is 5.90. The lowest BCUT2D eigenvalue weighted by Gasteiger charge is -2.42. The summed E-state index contributed by atoms with van der Waals surface area (Å²) in [7, 11) is 0. The number of likely N-dealkylation sites (tertiary alicyclic amines) is 1. The summed E-state index contributed by atoms with van der Waals surface area (Å²) >= 11 is 0. The molecule has 2 aliphatic heterocycles. The number of carbonyl (C=O) groups excluding carboxylic acids is 2. The molecular weight excluding hydrogens is 234 g/mol. The quantitative estimate of drug-likeness (QED) is 0.754. The summed E-state index contributed by atoms with van der Waals surface area (Å²) in [4.78, 5) is 25.9. The zero-order valence-electron chi connectivity index (χ0n) is 11.2. The lowest BCUT2D eigenvalue weighted by Crippen LogP contribution is -2.59. The van der Waals surface area contributed by atoms with Crippen LogP contribution in [0.5, 0.6) is 0 Å². The molecule has 2 aliphatic rings. The fourth-order valence-electron chi connectivity index (χ4n) is 2.80. The van der Waals surface area contributed by atoms with E-state index < -0.39 is 12.2 Å². The van der Waals surface area contributed by atoms with Crippen LogP contribution in [0.15, 0.2) is 0 Å². The van der Waals surface area contributed by atoms with Crippen molar-refractivity contribution in [3.8, 4) is 0 Å². The Kier molecular flexibility index (Phi) is 3.47. The fourth-order valence-corrected chi connectivity index (χ4v) is 2.80. The molecule has 0 saturated carbocycles. The molecule has 18 heavy (non-hydrogen) atoms. The first kappa shape index (κ1) is 13.5. The van der Waals surface area contributed by atoms with E-state index in [1.807, 2.05) is 20.8 Å². The third-order valence-electron chi connectivity index (χ3n) is 3.76. The Morgan fingerprint density at radius 1 is 1.28 bits per heavy atom. The summed E-state index contributed by atoms with van der Waals surface area (Å²) in [5.41, 5.74) is -0.245. The van der Waals surface area contributed by atoms with Crippen LogP contribution in [0, 0.1) is 5.41 Å². The molecule has 2 bridgehead atoms. The highest BCUT2D eigenvalue weighted by atomic mass is 16.5. The van der Waals surface area contributed by atoms with Gasteiger partial charge in [0.05, 0.1) is 0 Å². The first-order valence-electron chi connectivity index (χ1n) is 6.49. The van der Waals surface area contributed by atoms with Crippen molar-refractivity contribution in [3.05, 3.63) is 0 Å². The molecule has 1 N–H and O–H groups in total. The average molecular weight is 255 g/mol. The van der Waals surface area contributed by atoms with Crippen LogP contribution in [0.1, 0.15) is 40.0 Å². The molecule has 3 unspecified atom stereocenters. The molecule has 5 nitrogen and oxygen atoms in total. The SMILES string of the molecule is CC(C)(C)C(CCO)N1C(=O)C2CCC(O2)C1=O. The normalized spacial score (nSPS) is 29.9. The number of aliphatic hydroxyl groups excluding tert-OH is 1. The number of morpholine rings is 1. The van der Waals surface area contributed by atoms with E-state index in [4.69, 9.17) is 4.74 Å². The maximum Gasteiger partial charge on any atom is 0.258 e. The van der Waals surface area contributed by atoms with Gasteiger partial charge < -0.3 is 9.84 Å². The van der Waals surface area contributed by atoms with Crippen LogP contribution >= 0.6 is 0 Å². The van der Waals surface area contributed by atoms with Gasteiger partial charge in [0.2, 0.25) is 0 Å². The molecule has 102 valence electrons. The summed E-state index contributed by atoms with van der Waals surface area (Å²) in [5.74, 6) is -0.468. The van der Waals surface area contributed by atoms with Crippen LogP contribution < -0.4 is 0 Å². The maximum atomic E-state index is 12.3. The van der Waals surface area contributed by atoms with Crippen LogP contribution in [0.4, 0.5) is 0 Å². The molecule has 5 heteroatoms. The summed E-state index contributed by atoms with van der Waals surface area (Å²) in [6, 6.07) is -0.269. The van der Waals surface area contributed by atoms with E-state index in [0.29, 0.717) is 19.3 Å². The molecule has 0 aliphatic carbocycles. The molecule has 2 rings (SSSR count). The third-order valence-corrected chi connectivity index (χ3v) is 3.76. The fraction of sp³-hybridized carbons (Fsp3) is 0.846. The van der Waals surface area contributed by atoms with Crippen molar-refractivity contribution in [2.45, 2.75) is 58.3 Å². The Morgan fingerprint density at radius 2 is 1.78 bits per heavy atom. The molecule has 2 amide bonds. The topological polar surface area (TPSA) is 66.8 Å². The highest BCUT2D eigenvalue weighted by Crippen LogP contribution is 2.35. The largest absolute Gasteiger partial charge is 0.396 e. The monoisotopic (exact) mass is 255 g/mol.